The first-order valence-electron chi connectivity index (χ1n) is 10.2. The number of benzene rings is 2. The lowest BCUT2D eigenvalue weighted by atomic mass is 10.0. The summed E-state index contributed by atoms with van der Waals surface area (Å²) in [4.78, 5) is 19.0. The molecule has 6 nitrogen and oxygen atoms in total. The van der Waals surface area contributed by atoms with Gasteiger partial charge in [-0.05, 0) is 42.1 Å². The maximum Gasteiger partial charge on any atom is 0.272 e. The number of pyridine rings is 1. The molecule has 2 aromatic heterocycles. The number of carbonyl (C=O) groups is 1. The number of carbonyl (C=O) groups excluding carboxylic acids is 1. The van der Waals surface area contributed by atoms with Crippen molar-refractivity contribution < 1.29 is 14.3 Å². The van der Waals surface area contributed by atoms with Crippen LogP contribution < -0.4 is 14.9 Å². The summed E-state index contributed by atoms with van der Waals surface area (Å²) in [5, 5.41) is 7.14. The van der Waals surface area contributed by atoms with Crippen LogP contribution >= 0.6 is 11.3 Å². The van der Waals surface area contributed by atoms with Gasteiger partial charge in [0.05, 0.1) is 41.6 Å². The lowest BCUT2D eigenvalue weighted by Gasteiger charge is -2.13. The fraction of sp³-hybridized carbons (Fsp3) is 0.160. The Kier molecular flexibility index (Phi) is 6.47. The number of para-hydroxylation sites is 1. The third kappa shape index (κ3) is 4.33. The Labute approximate surface area is 190 Å². The molecule has 32 heavy (non-hydrogen) atoms. The van der Waals surface area contributed by atoms with E-state index in [-0.39, 0.29) is 5.91 Å². The molecule has 2 heterocycles. The molecule has 0 saturated carbocycles. The van der Waals surface area contributed by atoms with Crippen molar-refractivity contribution in [1.82, 2.24) is 10.4 Å². The van der Waals surface area contributed by atoms with Crippen LogP contribution in [0.3, 0.4) is 0 Å². The van der Waals surface area contributed by atoms with Gasteiger partial charge in [0.15, 0.2) is 0 Å². The zero-order valence-corrected chi connectivity index (χ0v) is 18.9. The van der Waals surface area contributed by atoms with Crippen molar-refractivity contribution in [2.45, 2.75) is 13.3 Å². The fourth-order valence-electron chi connectivity index (χ4n) is 3.44. The maximum absolute atomic E-state index is 13.2. The van der Waals surface area contributed by atoms with Gasteiger partial charge in [0, 0.05) is 17.0 Å². The molecule has 1 amide bonds. The zero-order chi connectivity index (χ0) is 22.5. The number of nitrogens with zero attached hydrogens (tertiary/aromatic N) is 2. The summed E-state index contributed by atoms with van der Waals surface area (Å²) in [6, 6.07) is 18.8. The van der Waals surface area contributed by atoms with Crippen LogP contribution in [0, 0.1) is 0 Å². The molecule has 0 aliphatic carbocycles. The topological polar surface area (TPSA) is 72.8 Å². The minimum absolute atomic E-state index is 0.292. The zero-order valence-electron chi connectivity index (χ0n) is 18.1. The van der Waals surface area contributed by atoms with Crippen molar-refractivity contribution in [3.63, 3.8) is 0 Å². The van der Waals surface area contributed by atoms with Crippen LogP contribution in [0.4, 0.5) is 0 Å². The van der Waals surface area contributed by atoms with Crippen LogP contribution in [0.2, 0.25) is 0 Å². The number of hydrogen-bond acceptors (Lipinski definition) is 6. The van der Waals surface area contributed by atoms with Gasteiger partial charge in [-0.15, -0.1) is 11.3 Å². The molecular formula is C25H23N3O3S. The molecule has 0 bridgehead atoms. The number of hydrogen-bond donors (Lipinski definition) is 1. The van der Waals surface area contributed by atoms with Gasteiger partial charge < -0.3 is 9.47 Å². The second-order valence-corrected chi connectivity index (χ2v) is 7.92. The monoisotopic (exact) mass is 445 g/mol. The van der Waals surface area contributed by atoms with Crippen molar-refractivity contribution >= 4 is 33.9 Å². The Balaban J connectivity index is 1.77. The van der Waals surface area contributed by atoms with E-state index in [0.717, 1.165) is 21.5 Å². The summed E-state index contributed by atoms with van der Waals surface area (Å²) in [5.74, 6) is 1.00. The number of nitrogens with one attached hydrogen (secondary N) is 1. The molecule has 0 aliphatic rings. The largest absolute Gasteiger partial charge is 0.497 e. The van der Waals surface area contributed by atoms with Gasteiger partial charge >= 0.3 is 0 Å². The molecule has 7 heteroatoms. The molecule has 0 atom stereocenters. The third-order valence-corrected chi connectivity index (χ3v) is 6.00. The van der Waals surface area contributed by atoms with Gasteiger partial charge in [0.1, 0.15) is 11.5 Å². The fourth-order valence-corrected chi connectivity index (χ4v) is 4.23. The number of amides is 1. The minimum Gasteiger partial charge on any atom is -0.497 e. The number of rotatable bonds is 7. The van der Waals surface area contributed by atoms with Crippen LogP contribution in [0.15, 0.2) is 71.1 Å². The second kappa shape index (κ2) is 9.62. The first kappa shape index (κ1) is 21.5. The Hall–Kier alpha value is -3.71. The Bertz CT molecular complexity index is 1280. The Morgan fingerprint density at radius 3 is 2.62 bits per heavy atom. The van der Waals surface area contributed by atoms with Gasteiger partial charge in [-0.1, -0.05) is 31.2 Å². The molecule has 2 aromatic carbocycles. The van der Waals surface area contributed by atoms with Gasteiger partial charge in [-0.3, -0.25) is 4.79 Å². The normalized spacial score (nSPS) is 11.4. The predicted molar refractivity (Wildman–Crippen MR) is 129 cm³/mol. The van der Waals surface area contributed by atoms with Crippen molar-refractivity contribution in [3.05, 3.63) is 76.5 Å². The summed E-state index contributed by atoms with van der Waals surface area (Å²) in [5.41, 5.74) is 6.18. The number of methoxy groups -OCH3 is 2. The van der Waals surface area contributed by atoms with Crippen LogP contribution in [-0.2, 0) is 0 Å². The van der Waals surface area contributed by atoms with Crippen LogP contribution in [0.25, 0.3) is 22.2 Å². The van der Waals surface area contributed by atoms with E-state index in [2.05, 4.69) is 10.5 Å². The summed E-state index contributed by atoms with van der Waals surface area (Å²) >= 11 is 1.60. The molecule has 0 radical (unpaired) electrons. The summed E-state index contributed by atoms with van der Waals surface area (Å²) < 4.78 is 10.8. The minimum atomic E-state index is -0.292. The van der Waals surface area contributed by atoms with Crippen LogP contribution in [0.5, 0.6) is 11.5 Å². The molecule has 162 valence electrons. The summed E-state index contributed by atoms with van der Waals surface area (Å²) in [7, 11) is 3.20. The molecule has 0 aliphatic heterocycles. The van der Waals surface area contributed by atoms with E-state index in [0.29, 0.717) is 34.7 Å². The average molecular weight is 446 g/mol. The molecule has 1 N–H and O–H groups in total. The lowest BCUT2D eigenvalue weighted by molar-refractivity contribution is 0.0956. The molecule has 0 spiro atoms. The highest BCUT2D eigenvalue weighted by molar-refractivity contribution is 7.12. The molecular weight excluding hydrogens is 422 g/mol. The van der Waals surface area contributed by atoms with Gasteiger partial charge in [-0.2, -0.15) is 5.10 Å². The van der Waals surface area contributed by atoms with Crippen molar-refractivity contribution in [1.29, 1.82) is 0 Å². The van der Waals surface area contributed by atoms with Crippen LogP contribution in [0.1, 0.15) is 28.6 Å². The average Bonchev–Trinajstić information content (AvgIpc) is 3.38. The maximum atomic E-state index is 13.2. The molecule has 4 rings (SSSR count). The van der Waals surface area contributed by atoms with E-state index in [1.165, 1.54) is 0 Å². The number of fused-ring (bicyclic) bond motifs is 1. The first-order valence-corrected chi connectivity index (χ1v) is 11.1. The number of hydrazone groups is 1. The summed E-state index contributed by atoms with van der Waals surface area (Å²) in [6.07, 6.45) is 0.714. The first-order chi connectivity index (χ1) is 15.6. The van der Waals surface area contributed by atoms with E-state index >= 15 is 0 Å². The smallest absolute Gasteiger partial charge is 0.272 e. The van der Waals surface area contributed by atoms with E-state index in [1.807, 2.05) is 60.8 Å². The summed E-state index contributed by atoms with van der Waals surface area (Å²) in [6.45, 7) is 2.01. The van der Waals surface area contributed by atoms with Gasteiger partial charge in [0.2, 0.25) is 0 Å². The van der Waals surface area contributed by atoms with Crippen molar-refractivity contribution in [3.8, 4) is 22.8 Å². The predicted octanol–water partition coefficient (Wildman–Crippen LogP) is 5.52. The molecule has 0 saturated heterocycles. The second-order valence-electron chi connectivity index (χ2n) is 6.97. The van der Waals surface area contributed by atoms with Gasteiger partial charge in [0.25, 0.3) is 5.91 Å². The number of thiophene rings is 1. The SMILES string of the molecule is CCC(=NNC(=O)c1cc(-c2ccc(OC)cc2OC)nc2ccccc12)c1cccs1. The Morgan fingerprint density at radius 2 is 1.91 bits per heavy atom. The molecule has 0 fully saturated rings. The highest BCUT2D eigenvalue weighted by Gasteiger charge is 2.16. The van der Waals surface area contributed by atoms with Crippen molar-refractivity contribution in [2.24, 2.45) is 5.10 Å². The quantitative estimate of drug-likeness (QED) is 0.300. The van der Waals surface area contributed by atoms with E-state index in [1.54, 1.807) is 37.7 Å². The number of aromatic nitrogens is 1. The van der Waals surface area contributed by atoms with E-state index in [4.69, 9.17) is 14.5 Å². The van der Waals surface area contributed by atoms with E-state index < -0.39 is 0 Å². The van der Waals surface area contributed by atoms with Gasteiger partial charge in [-0.25, -0.2) is 10.4 Å². The highest BCUT2D eigenvalue weighted by atomic mass is 32.1. The molecule has 0 unspecified atom stereocenters. The lowest BCUT2D eigenvalue weighted by Crippen LogP contribution is -2.20. The van der Waals surface area contributed by atoms with Crippen LogP contribution in [-0.4, -0.2) is 30.8 Å². The van der Waals surface area contributed by atoms with E-state index in [9.17, 15) is 4.79 Å². The standard InChI is InChI=1S/C25H23N3O3S/c1-4-20(24-10-7-13-32-24)27-28-25(29)19-15-22(26-21-9-6-5-8-17(19)21)18-12-11-16(30-2)14-23(18)31-3/h5-15H,4H2,1-3H3,(H,28,29). The third-order valence-electron chi connectivity index (χ3n) is 5.08. The Morgan fingerprint density at radius 1 is 1.06 bits per heavy atom. The van der Waals surface area contributed by atoms with Crippen molar-refractivity contribution in [2.75, 3.05) is 14.2 Å². The number of ether oxygens (including phenoxy) is 2. The highest BCUT2D eigenvalue weighted by Crippen LogP contribution is 2.34. The molecule has 4 aromatic rings.